The van der Waals surface area contributed by atoms with Crippen LogP contribution in [-0.4, -0.2) is 12.7 Å². The molecule has 0 amide bonds. The summed E-state index contributed by atoms with van der Waals surface area (Å²) in [5.41, 5.74) is 9.16. The van der Waals surface area contributed by atoms with E-state index in [4.69, 9.17) is 10.5 Å². The molecule has 0 aliphatic heterocycles. The van der Waals surface area contributed by atoms with Crippen molar-refractivity contribution < 1.29 is 4.74 Å². The Balaban J connectivity index is 1.48. The minimum atomic E-state index is 0.193. The molecule has 0 aromatic heterocycles. The summed E-state index contributed by atoms with van der Waals surface area (Å²) in [4.78, 5) is 0. The van der Waals surface area contributed by atoms with Crippen LogP contribution in [0, 0.1) is 5.92 Å². The van der Waals surface area contributed by atoms with Crippen LogP contribution in [0.3, 0.4) is 0 Å². The van der Waals surface area contributed by atoms with Crippen LogP contribution in [0.4, 0.5) is 0 Å². The van der Waals surface area contributed by atoms with Gasteiger partial charge in [-0.15, -0.1) is 0 Å². The van der Waals surface area contributed by atoms with E-state index < -0.39 is 0 Å². The molecule has 0 heterocycles. The molecule has 2 heteroatoms. The average Bonchev–Trinajstić information content (AvgIpc) is 2.35. The van der Waals surface area contributed by atoms with Crippen molar-refractivity contribution in [3.05, 3.63) is 35.4 Å². The van der Waals surface area contributed by atoms with Crippen molar-refractivity contribution in [1.29, 1.82) is 0 Å². The van der Waals surface area contributed by atoms with E-state index in [1.165, 1.54) is 43.2 Å². The lowest BCUT2D eigenvalue weighted by Gasteiger charge is -2.36. The van der Waals surface area contributed by atoms with Gasteiger partial charge < -0.3 is 10.5 Å². The summed E-state index contributed by atoms with van der Waals surface area (Å²) < 4.78 is 5.62. The highest BCUT2D eigenvalue weighted by molar-refractivity contribution is 5.28. The molecule has 2 fully saturated rings. The van der Waals surface area contributed by atoms with Crippen LogP contribution in [0.5, 0.6) is 0 Å². The summed E-state index contributed by atoms with van der Waals surface area (Å²) in [7, 11) is 0. The van der Waals surface area contributed by atoms with Gasteiger partial charge >= 0.3 is 0 Å². The Labute approximate surface area is 122 Å². The third-order valence-corrected chi connectivity index (χ3v) is 5.12. The van der Waals surface area contributed by atoms with Crippen LogP contribution in [0.15, 0.2) is 24.3 Å². The standard InChI is InChI=1S/C18H27NO/c1-2-20-17-10-13(11-17)12-18(19)16-8-6-15(7-9-16)14-4-3-5-14/h6-9,13-14,17-18H,2-5,10-12,19H2,1H3. The minimum absolute atomic E-state index is 0.193. The molecule has 20 heavy (non-hydrogen) atoms. The van der Waals surface area contributed by atoms with Crippen LogP contribution in [-0.2, 0) is 4.74 Å². The molecule has 2 aliphatic carbocycles. The Morgan fingerprint density at radius 3 is 2.45 bits per heavy atom. The topological polar surface area (TPSA) is 35.2 Å². The molecule has 110 valence electrons. The molecule has 0 bridgehead atoms. The molecule has 0 radical (unpaired) electrons. The molecular weight excluding hydrogens is 246 g/mol. The van der Waals surface area contributed by atoms with E-state index in [1.54, 1.807) is 0 Å². The van der Waals surface area contributed by atoms with Crippen molar-refractivity contribution in [3.63, 3.8) is 0 Å². The van der Waals surface area contributed by atoms with Gasteiger partial charge in [0.1, 0.15) is 0 Å². The number of benzene rings is 1. The molecule has 1 atom stereocenters. The van der Waals surface area contributed by atoms with E-state index in [2.05, 4.69) is 31.2 Å². The van der Waals surface area contributed by atoms with Crippen molar-refractivity contribution >= 4 is 0 Å². The van der Waals surface area contributed by atoms with Crippen LogP contribution < -0.4 is 5.73 Å². The first-order valence-corrected chi connectivity index (χ1v) is 8.23. The van der Waals surface area contributed by atoms with Crippen molar-refractivity contribution in [2.24, 2.45) is 11.7 Å². The average molecular weight is 273 g/mol. The zero-order chi connectivity index (χ0) is 13.9. The van der Waals surface area contributed by atoms with Crippen molar-refractivity contribution in [2.75, 3.05) is 6.61 Å². The molecular formula is C18H27NO. The Bertz CT molecular complexity index is 418. The molecule has 1 aromatic rings. The van der Waals surface area contributed by atoms with E-state index in [0.717, 1.165) is 24.9 Å². The third kappa shape index (κ3) is 3.07. The summed E-state index contributed by atoms with van der Waals surface area (Å²) in [5, 5.41) is 0. The van der Waals surface area contributed by atoms with Gasteiger partial charge in [-0.3, -0.25) is 0 Å². The predicted molar refractivity (Wildman–Crippen MR) is 82.7 cm³/mol. The van der Waals surface area contributed by atoms with E-state index in [9.17, 15) is 0 Å². The first-order chi connectivity index (χ1) is 9.76. The lowest BCUT2D eigenvalue weighted by molar-refractivity contribution is -0.0282. The van der Waals surface area contributed by atoms with Crippen molar-refractivity contribution in [3.8, 4) is 0 Å². The number of hydrogen-bond donors (Lipinski definition) is 1. The summed E-state index contributed by atoms with van der Waals surface area (Å²) in [6.07, 6.45) is 8.13. The Kier molecular flexibility index (Phi) is 4.42. The maximum atomic E-state index is 6.36. The van der Waals surface area contributed by atoms with Gasteiger partial charge in [0.2, 0.25) is 0 Å². The molecule has 1 unspecified atom stereocenters. The molecule has 3 rings (SSSR count). The third-order valence-electron chi connectivity index (χ3n) is 5.12. The van der Waals surface area contributed by atoms with E-state index in [0.29, 0.717) is 6.10 Å². The molecule has 2 aliphatic rings. The summed E-state index contributed by atoms with van der Waals surface area (Å²) >= 11 is 0. The quantitative estimate of drug-likeness (QED) is 0.844. The summed E-state index contributed by atoms with van der Waals surface area (Å²) in [6, 6.07) is 9.28. The SMILES string of the molecule is CCOC1CC(CC(N)c2ccc(C3CCC3)cc2)C1. The van der Waals surface area contributed by atoms with Crippen LogP contribution in [0.1, 0.15) is 68.5 Å². The maximum absolute atomic E-state index is 6.36. The number of rotatable bonds is 6. The van der Waals surface area contributed by atoms with Crippen LogP contribution >= 0.6 is 0 Å². The summed E-state index contributed by atoms with van der Waals surface area (Å²) in [6.45, 7) is 2.91. The fraction of sp³-hybridized carbons (Fsp3) is 0.667. The Hall–Kier alpha value is -0.860. The minimum Gasteiger partial charge on any atom is -0.378 e. The van der Waals surface area contributed by atoms with Crippen LogP contribution in [0.25, 0.3) is 0 Å². The lowest BCUT2D eigenvalue weighted by atomic mass is 9.77. The molecule has 2 saturated carbocycles. The normalized spacial score (nSPS) is 27.7. The van der Waals surface area contributed by atoms with Gasteiger partial charge in [0, 0.05) is 12.6 Å². The van der Waals surface area contributed by atoms with Gasteiger partial charge in [-0.25, -0.2) is 0 Å². The fourth-order valence-electron chi connectivity index (χ4n) is 3.49. The Morgan fingerprint density at radius 2 is 1.90 bits per heavy atom. The number of hydrogen-bond acceptors (Lipinski definition) is 2. The van der Waals surface area contributed by atoms with Gasteiger partial charge in [0.15, 0.2) is 0 Å². The monoisotopic (exact) mass is 273 g/mol. The number of ether oxygens (including phenoxy) is 1. The van der Waals surface area contributed by atoms with Crippen molar-refractivity contribution in [2.45, 2.75) is 63.5 Å². The fourth-order valence-corrected chi connectivity index (χ4v) is 3.49. The molecule has 0 spiro atoms. The predicted octanol–water partition coefficient (Wildman–Crippen LogP) is 4.16. The summed E-state index contributed by atoms with van der Waals surface area (Å²) in [5.74, 6) is 1.58. The van der Waals surface area contributed by atoms with Gasteiger partial charge in [0.25, 0.3) is 0 Å². The van der Waals surface area contributed by atoms with Gasteiger partial charge in [-0.05, 0) is 62.0 Å². The highest BCUT2D eigenvalue weighted by Gasteiger charge is 2.30. The first kappa shape index (κ1) is 14.1. The zero-order valence-electron chi connectivity index (χ0n) is 12.6. The van der Waals surface area contributed by atoms with E-state index >= 15 is 0 Å². The smallest absolute Gasteiger partial charge is 0.0580 e. The lowest BCUT2D eigenvalue weighted by Crippen LogP contribution is -2.33. The number of nitrogens with two attached hydrogens (primary N) is 1. The zero-order valence-corrected chi connectivity index (χ0v) is 12.6. The first-order valence-electron chi connectivity index (χ1n) is 8.23. The highest BCUT2D eigenvalue weighted by atomic mass is 16.5. The van der Waals surface area contributed by atoms with Gasteiger partial charge in [0.05, 0.1) is 6.10 Å². The second-order valence-electron chi connectivity index (χ2n) is 6.55. The second kappa shape index (κ2) is 6.28. The molecule has 2 nitrogen and oxygen atoms in total. The molecule has 1 aromatic carbocycles. The van der Waals surface area contributed by atoms with Gasteiger partial charge in [-0.2, -0.15) is 0 Å². The van der Waals surface area contributed by atoms with E-state index in [1.807, 2.05) is 0 Å². The van der Waals surface area contributed by atoms with E-state index in [-0.39, 0.29) is 6.04 Å². The molecule has 0 saturated heterocycles. The highest BCUT2D eigenvalue weighted by Crippen LogP contribution is 2.38. The maximum Gasteiger partial charge on any atom is 0.0580 e. The molecule has 2 N–H and O–H groups in total. The van der Waals surface area contributed by atoms with Crippen LogP contribution in [0.2, 0.25) is 0 Å². The second-order valence-corrected chi connectivity index (χ2v) is 6.55. The van der Waals surface area contributed by atoms with Gasteiger partial charge in [-0.1, -0.05) is 30.7 Å². The van der Waals surface area contributed by atoms with Crippen molar-refractivity contribution in [1.82, 2.24) is 0 Å². The Morgan fingerprint density at radius 1 is 1.20 bits per heavy atom. The largest absolute Gasteiger partial charge is 0.378 e.